The van der Waals surface area contributed by atoms with Gasteiger partial charge in [0.25, 0.3) is 10.0 Å². The molecule has 0 unspecified atom stereocenters. The maximum absolute atomic E-state index is 13.2. The molecule has 1 fully saturated rings. The van der Waals surface area contributed by atoms with Crippen LogP contribution in [0.5, 0.6) is 0 Å². The standard InChI is InChI=1S/C19H20ClFN4O2S/c20-17-3-1-2-4-18(17)23-11-13-24(14-12-23)19-22-9-10-25(19)28(26,27)16-7-5-15(21)6-8-16/h1-8H,9-14H2. The normalized spacial score (nSPS) is 17.8. The monoisotopic (exact) mass is 422 g/mol. The SMILES string of the molecule is O=S(=O)(c1ccc(F)cc1)N1CCN=C1N1CCN(c2ccccc2Cl)CC1. The van der Waals surface area contributed by atoms with Gasteiger partial charge in [-0.25, -0.2) is 17.1 Å². The molecule has 0 spiro atoms. The summed E-state index contributed by atoms with van der Waals surface area (Å²) in [6, 6.07) is 12.6. The van der Waals surface area contributed by atoms with Gasteiger partial charge in [0.2, 0.25) is 5.96 Å². The summed E-state index contributed by atoms with van der Waals surface area (Å²) in [4.78, 5) is 8.68. The topological polar surface area (TPSA) is 56.2 Å². The fraction of sp³-hybridized carbons (Fsp3) is 0.316. The third kappa shape index (κ3) is 3.54. The predicted molar refractivity (Wildman–Crippen MR) is 108 cm³/mol. The molecule has 0 aromatic heterocycles. The summed E-state index contributed by atoms with van der Waals surface area (Å²) in [6.07, 6.45) is 0. The minimum Gasteiger partial charge on any atom is -0.367 e. The van der Waals surface area contributed by atoms with Gasteiger partial charge >= 0.3 is 0 Å². The van der Waals surface area contributed by atoms with Gasteiger partial charge in [0.05, 0.1) is 28.7 Å². The number of nitrogens with zero attached hydrogens (tertiary/aromatic N) is 4. The van der Waals surface area contributed by atoms with Crippen LogP contribution in [0.1, 0.15) is 0 Å². The Morgan fingerprint density at radius 2 is 1.54 bits per heavy atom. The first-order chi connectivity index (χ1) is 13.5. The Bertz CT molecular complexity index is 989. The lowest BCUT2D eigenvalue weighted by molar-refractivity contribution is 0.358. The Labute approximate surface area is 168 Å². The van der Waals surface area contributed by atoms with E-state index in [0.717, 1.165) is 17.8 Å². The maximum atomic E-state index is 13.2. The molecule has 0 N–H and O–H groups in total. The van der Waals surface area contributed by atoms with Crippen LogP contribution in [0.2, 0.25) is 5.02 Å². The molecular weight excluding hydrogens is 403 g/mol. The predicted octanol–water partition coefficient (Wildman–Crippen LogP) is 2.66. The van der Waals surface area contributed by atoms with Gasteiger partial charge in [-0.3, -0.25) is 4.99 Å². The van der Waals surface area contributed by atoms with Crippen molar-refractivity contribution < 1.29 is 12.8 Å². The molecule has 0 radical (unpaired) electrons. The van der Waals surface area contributed by atoms with Gasteiger partial charge in [-0.15, -0.1) is 0 Å². The highest BCUT2D eigenvalue weighted by molar-refractivity contribution is 7.89. The third-order valence-corrected chi connectivity index (χ3v) is 7.05. The average Bonchev–Trinajstić information content (AvgIpc) is 3.20. The number of piperazine rings is 1. The van der Waals surface area contributed by atoms with Gasteiger partial charge < -0.3 is 9.80 Å². The van der Waals surface area contributed by atoms with Gasteiger partial charge in [-0.2, -0.15) is 0 Å². The van der Waals surface area contributed by atoms with E-state index in [1.807, 2.05) is 29.2 Å². The van der Waals surface area contributed by atoms with Crippen LogP contribution in [0.25, 0.3) is 0 Å². The lowest BCUT2D eigenvalue weighted by Crippen LogP contribution is -2.53. The van der Waals surface area contributed by atoms with Crippen molar-refractivity contribution >= 4 is 33.3 Å². The van der Waals surface area contributed by atoms with Gasteiger partial charge in [-0.1, -0.05) is 23.7 Å². The van der Waals surface area contributed by atoms with Crippen molar-refractivity contribution in [1.82, 2.24) is 9.21 Å². The molecule has 9 heteroatoms. The zero-order valence-electron chi connectivity index (χ0n) is 15.1. The van der Waals surface area contributed by atoms with Crippen LogP contribution in [0.3, 0.4) is 0 Å². The van der Waals surface area contributed by atoms with Crippen LogP contribution in [0, 0.1) is 5.82 Å². The summed E-state index contributed by atoms with van der Waals surface area (Å²) in [5.41, 5.74) is 0.980. The average molecular weight is 423 g/mol. The quantitative estimate of drug-likeness (QED) is 0.763. The smallest absolute Gasteiger partial charge is 0.266 e. The minimum atomic E-state index is -3.77. The fourth-order valence-electron chi connectivity index (χ4n) is 3.49. The van der Waals surface area contributed by atoms with Crippen molar-refractivity contribution in [2.45, 2.75) is 4.90 Å². The minimum absolute atomic E-state index is 0.0678. The summed E-state index contributed by atoms with van der Waals surface area (Å²) in [5, 5.41) is 0.703. The largest absolute Gasteiger partial charge is 0.367 e. The summed E-state index contributed by atoms with van der Waals surface area (Å²) in [5.74, 6) is -0.00640. The van der Waals surface area contributed by atoms with Crippen LogP contribution < -0.4 is 4.90 Å². The Morgan fingerprint density at radius 3 is 2.21 bits per heavy atom. The second-order valence-corrected chi connectivity index (χ2v) is 8.91. The van der Waals surface area contributed by atoms with Crippen LogP contribution in [-0.4, -0.2) is 62.9 Å². The van der Waals surface area contributed by atoms with E-state index in [0.29, 0.717) is 50.3 Å². The number of sulfonamides is 1. The lowest BCUT2D eigenvalue weighted by Gasteiger charge is -2.39. The number of guanidine groups is 1. The van der Waals surface area contributed by atoms with E-state index in [2.05, 4.69) is 9.89 Å². The Morgan fingerprint density at radius 1 is 0.893 bits per heavy atom. The molecule has 1 saturated heterocycles. The van der Waals surface area contributed by atoms with Gasteiger partial charge in [-0.05, 0) is 36.4 Å². The lowest BCUT2D eigenvalue weighted by atomic mass is 10.2. The fourth-order valence-corrected chi connectivity index (χ4v) is 5.19. The van der Waals surface area contributed by atoms with Crippen molar-refractivity contribution in [3.05, 3.63) is 59.4 Å². The van der Waals surface area contributed by atoms with E-state index in [-0.39, 0.29) is 4.90 Å². The second kappa shape index (κ2) is 7.60. The van der Waals surface area contributed by atoms with Crippen LogP contribution >= 0.6 is 11.6 Å². The van der Waals surface area contributed by atoms with Crippen molar-refractivity contribution in [2.75, 3.05) is 44.2 Å². The molecule has 0 aliphatic carbocycles. The number of para-hydroxylation sites is 1. The zero-order chi connectivity index (χ0) is 19.7. The molecule has 0 amide bonds. The molecule has 2 aromatic rings. The molecule has 148 valence electrons. The highest BCUT2D eigenvalue weighted by Crippen LogP contribution is 2.27. The summed E-state index contributed by atoms with van der Waals surface area (Å²) >= 11 is 6.29. The number of benzene rings is 2. The molecular formula is C19H20ClFN4O2S. The Balaban J connectivity index is 1.49. The van der Waals surface area contributed by atoms with Crippen molar-refractivity contribution in [3.63, 3.8) is 0 Å². The number of aliphatic imine (C=N–C) groups is 1. The molecule has 0 saturated carbocycles. The number of anilines is 1. The van der Waals surface area contributed by atoms with E-state index >= 15 is 0 Å². The molecule has 28 heavy (non-hydrogen) atoms. The van der Waals surface area contributed by atoms with Gasteiger partial charge in [0.15, 0.2) is 0 Å². The van der Waals surface area contributed by atoms with Crippen LogP contribution in [0.15, 0.2) is 58.4 Å². The molecule has 2 heterocycles. The first-order valence-corrected chi connectivity index (χ1v) is 10.9. The number of halogens is 2. The van der Waals surface area contributed by atoms with Gasteiger partial charge in [0.1, 0.15) is 5.82 Å². The Kier molecular flexibility index (Phi) is 5.16. The third-order valence-electron chi connectivity index (χ3n) is 4.94. The van der Waals surface area contributed by atoms with Crippen LogP contribution in [0.4, 0.5) is 10.1 Å². The van der Waals surface area contributed by atoms with E-state index in [4.69, 9.17) is 11.6 Å². The van der Waals surface area contributed by atoms with E-state index in [9.17, 15) is 12.8 Å². The molecule has 2 aliphatic rings. The Hall–Kier alpha value is -2.32. The first kappa shape index (κ1) is 19.0. The maximum Gasteiger partial charge on any atom is 0.266 e. The van der Waals surface area contributed by atoms with Crippen molar-refractivity contribution in [3.8, 4) is 0 Å². The molecule has 0 atom stereocenters. The summed E-state index contributed by atoms with van der Waals surface area (Å²) in [7, 11) is -3.77. The molecule has 2 aromatic carbocycles. The summed E-state index contributed by atoms with van der Waals surface area (Å²) in [6.45, 7) is 3.42. The molecule has 2 aliphatic heterocycles. The van der Waals surface area contributed by atoms with E-state index < -0.39 is 15.8 Å². The van der Waals surface area contributed by atoms with Crippen LogP contribution in [-0.2, 0) is 10.0 Å². The molecule has 0 bridgehead atoms. The number of hydrogen-bond donors (Lipinski definition) is 0. The number of rotatable bonds is 3. The highest BCUT2D eigenvalue weighted by atomic mass is 35.5. The van der Waals surface area contributed by atoms with E-state index in [1.165, 1.54) is 16.4 Å². The first-order valence-electron chi connectivity index (χ1n) is 9.04. The molecule has 6 nitrogen and oxygen atoms in total. The van der Waals surface area contributed by atoms with Gasteiger partial charge in [0, 0.05) is 26.2 Å². The number of hydrogen-bond acceptors (Lipinski definition) is 5. The van der Waals surface area contributed by atoms with Crippen molar-refractivity contribution in [1.29, 1.82) is 0 Å². The van der Waals surface area contributed by atoms with E-state index in [1.54, 1.807) is 0 Å². The van der Waals surface area contributed by atoms with Crippen molar-refractivity contribution in [2.24, 2.45) is 4.99 Å². The summed E-state index contributed by atoms with van der Waals surface area (Å²) < 4.78 is 40.5. The molecule has 4 rings (SSSR count). The zero-order valence-corrected chi connectivity index (χ0v) is 16.7. The second-order valence-electron chi connectivity index (χ2n) is 6.64. The highest BCUT2D eigenvalue weighted by Gasteiger charge is 2.35.